The molecule has 0 aliphatic carbocycles. The van der Waals surface area contributed by atoms with Crippen LogP contribution in [0.1, 0.15) is 0 Å². The summed E-state index contributed by atoms with van der Waals surface area (Å²) < 4.78 is 21.0. The maximum atomic E-state index is 4.68. The van der Waals surface area contributed by atoms with E-state index in [2.05, 4.69) is 102 Å². The van der Waals surface area contributed by atoms with Gasteiger partial charge in [-0.2, -0.15) is 17.5 Å². The molecule has 178 valence electrons. The highest BCUT2D eigenvalue weighted by atomic mass is 32.1. The summed E-state index contributed by atoms with van der Waals surface area (Å²) in [4.78, 5) is 2.47. The third-order valence-corrected chi connectivity index (χ3v) is 10.5. The average Bonchev–Trinajstić information content (AvgIpc) is 3.74. The molecule has 5 aromatic carbocycles. The van der Waals surface area contributed by atoms with E-state index in [1.165, 1.54) is 86.1 Å². The molecule has 0 aliphatic heterocycles. The van der Waals surface area contributed by atoms with E-state index in [9.17, 15) is 0 Å². The van der Waals surface area contributed by atoms with Crippen LogP contribution >= 0.6 is 46.1 Å². The maximum absolute atomic E-state index is 4.68. The van der Waals surface area contributed by atoms with Crippen molar-refractivity contribution >= 4 is 110 Å². The molecular weight excluding hydrogens is 545 g/mol. The van der Waals surface area contributed by atoms with Gasteiger partial charge in [0.15, 0.2) is 0 Å². The van der Waals surface area contributed by atoms with Crippen LogP contribution in [-0.4, -0.2) is 17.5 Å². The van der Waals surface area contributed by atoms with Crippen molar-refractivity contribution in [2.45, 2.75) is 0 Å². The zero-order valence-corrected chi connectivity index (χ0v) is 22.8. The zero-order chi connectivity index (χ0) is 24.8. The van der Waals surface area contributed by atoms with Crippen LogP contribution in [0.25, 0.3) is 84.7 Å². The Labute approximate surface area is 232 Å². The lowest BCUT2D eigenvalue weighted by molar-refractivity contribution is 1.67. The summed E-state index contributed by atoms with van der Waals surface area (Å²) in [5.41, 5.74) is 6.27. The van der Waals surface area contributed by atoms with E-state index >= 15 is 0 Å². The minimum atomic E-state index is 0.963. The second-order valence-corrected chi connectivity index (χ2v) is 12.6. The van der Waals surface area contributed by atoms with Gasteiger partial charge in [0.25, 0.3) is 0 Å². The Kier molecular flexibility index (Phi) is 4.37. The summed E-state index contributed by atoms with van der Waals surface area (Å²) in [5, 5.41) is 7.36. The Hall–Kier alpha value is -3.82. The summed E-state index contributed by atoms with van der Waals surface area (Å²) >= 11 is 6.22. The molecule has 0 radical (unpaired) electrons. The van der Waals surface area contributed by atoms with E-state index in [1.807, 2.05) is 22.7 Å². The second-order valence-electron chi connectivity index (χ2n) is 9.36. The van der Waals surface area contributed by atoms with E-state index in [1.54, 1.807) is 0 Å². The molecule has 0 saturated heterocycles. The summed E-state index contributed by atoms with van der Waals surface area (Å²) in [6, 6.07) is 30.7. The minimum absolute atomic E-state index is 0.963. The standard InChI is InChI=1S/C30H14N4S4/c1-3-7-19-15(5-1)9-21-29(33-37-31-21)27(19)25-13-17-11-24-18(12-23(17)35-25)14-26(36-24)28-20-8-4-2-6-16(20)10-22-30(28)34-38-32-22/h1-14H. The Morgan fingerprint density at radius 1 is 0.447 bits per heavy atom. The lowest BCUT2D eigenvalue weighted by Crippen LogP contribution is -1.82. The molecule has 0 aliphatic rings. The number of aromatic nitrogens is 4. The van der Waals surface area contributed by atoms with Gasteiger partial charge >= 0.3 is 0 Å². The SMILES string of the molecule is c1ccc2c(-c3cc4cc5sc(-c6c7ccccc7cc7nsnc67)cc5cc4s3)c3nsnc3cc2c1. The van der Waals surface area contributed by atoms with Crippen LogP contribution < -0.4 is 0 Å². The van der Waals surface area contributed by atoms with Crippen LogP contribution in [0.4, 0.5) is 0 Å². The summed E-state index contributed by atoms with van der Waals surface area (Å²) in [6.45, 7) is 0. The molecule has 4 aromatic heterocycles. The van der Waals surface area contributed by atoms with E-state index in [0.29, 0.717) is 0 Å². The van der Waals surface area contributed by atoms with Gasteiger partial charge in [0, 0.05) is 30.3 Å². The molecule has 0 atom stereocenters. The molecule has 4 nitrogen and oxygen atoms in total. The van der Waals surface area contributed by atoms with Gasteiger partial charge in [-0.1, -0.05) is 48.5 Å². The number of hydrogen-bond donors (Lipinski definition) is 0. The van der Waals surface area contributed by atoms with Gasteiger partial charge in [-0.25, -0.2) is 0 Å². The summed E-state index contributed by atoms with van der Waals surface area (Å²) in [7, 11) is 0. The predicted octanol–water partition coefficient (Wildman–Crippen LogP) is 9.77. The zero-order valence-electron chi connectivity index (χ0n) is 19.5. The van der Waals surface area contributed by atoms with Crippen molar-refractivity contribution in [2.24, 2.45) is 0 Å². The molecule has 9 aromatic rings. The first-order valence-corrected chi connectivity index (χ1v) is 15.2. The van der Waals surface area contributed by atoms with Crippen LogP contribution in [-0.2, 0) is 0 Å². The Morgan fingerprint density at radius 3 is 1.42 bits per heavy atom. The topological polar surface area (TPSA) is 51.6 Å². The number of rotatable bonds is 2. The van der Waals surface area contributed by atoms with Crippen LogP contribution in [0, 0.1) is 0 Å². The molecule has 38 heavy (non-hydrogen) atoms. The predicted molar refractivity (Wildman–Crippen MR) is 165 cm³/mol. The molecule has 0 N–H and O–H groups in total. The van der Waals surface area contributed by atoms with Gasteiger partial charge in [-0.05, 0) is 68.7 Å². The summed E-state index contributed by atoms with van der Waals surface area (Å²) in [6.07, 6.45) is 0. The Morgan fingerprint density at radius 2 is 0.921 bits per heavy atom. The van der Waals surface area contributed by atoms with Gasteiger partial charge in [-0.3, -0.25) is 0 Å². The van der Waals surface area contributed by atoms with Crippen molar-refractivity contribution in [1.29, 1.82) is 0 Å². The van der Waals surface area contributed by atoms with Crippen molar-refractivity contribution in [3.63, 3.8) is 0 Å². The first kappa shape index (κ1) is 21.2. The van der Waals surface area contributed by atoms with E-state index in [-0.39, 0.29) is 0 Å². The molecule has 4 heterocycles. The molecule has 8 heteroatoms. The first-order chi connectivity index (χ1) is 18.8. The average molecular weight is 559 g/mol. The lowest BCUT2D eigenvalue weighted by Gasteiger charge is -2.05. The van der Waals surface area contributed by atoms with Crippen molar-refractivity contribution < 1.29 is 0 Å². The largest absolute Gasteiger partial charge is 0.173 e. The molecule has 9 rings (SSSR count). The molecule has 0 bridgehead atoms. The lowest BCUT2D eigenvalue weighted by atomic mass is 10.0. The van der Waals surface area contributed by atoms with Crippen LogP contribution in [0.15, 0.2) is 84.9 Å². The van der Waals surface area contributed by atoms with Crippen molar-refractivity contribution in [1.82, 2.24) is 17.5 Å². The fourth-order valence-electron chi connectivity index (χ4n) is 5.50. The fourth-order valence-corrected chi connectivity index (χ4v) is 8.87. The van der Waals surface area contributed by atoms with Crippen LogP contribution in [0.3, 0.4) is 0 Å². The highest BCUT2D eigenvalue weighted by Crippen LogP contribution is 2.45. The molecular formula is C30H14N4S4. The maximum Gasteiger partial charge on any atom is 0.114 e. The third-order valence-electron chi connectivity index (χ3n) is 7.19. The smallest absolute Gasteiger partial charge is 0.114 e. The molecule has 0 fully saturated rings. The van der Waals surface area contributed by atoms with Crippen LogP contribution in [0.5, 0.6) is 0 Å². The minimum Gasteiger partial charge on any atom is -0.173 e. The number of benzene rings is 5. The fraction of sp³-hybridized carbons (Fsp3) is 0. The normalized spacial score (nSPS) is 12.2. The van der Waals surface area contributed by atoms with Crippen LogP contribution in [0.2, 0.25) is 0 Å². The Bertz CT molecular complexity index is 2160. The highest BCUT2D eigenvalue weighted by Gasteiger charge is 2.18. The van der Waals surface area contributed by atoms with Crippen molar-refractivity contribution in [3.8, 4) is 20.9 Å². The van der Waals surface area contributed by atoms with Gasteiger partial charge in [0.1, 0.15) is 22.1 Å². The number of hydrogen-bond acceptors (Lipinski definition) is 8. The number of thiophene rings is 2. The molecule has 0 spiro atoms. The number of nitrogens with zero attached hydrogens (tertiary/aromatic N) is 4. The van der Waals surface area contributed by atoms with E-state index in [4.69, 9.17) is 0 Å². The molecule has 0 amide bonds. The second kappa shape index (κ2) is 7.85. The molecule has 0 saturated carbocycles. The van der Waals surface area contributed by atoms with Gasteiger partial charge in [0.05, 0.1) is 23.5 Å². The highest BCUT2D eigenvalue weighted by molar-refractivity contribution is 7.24. The molecule has 0 unspecified atom stereocenters. The monoisotopic (exact) mass is 558 g/mol. The quantitative estimate of drug-likeness (QED) is 0.212. The first-order valence-electron chi connectivity index (χ1n) is 12.1. The van der Waals surface area contributed by atoms with Gasteiger partial charge < -0.3 is 0 Å². The van der Waals surface area contributed by atoms with E-state index < -0.39 is 0 Å². The van der Waals surface area contributed by atoms with Crippen molar-refractivity contribution in [3.05, 3.63) is 84.9 Å². The Balaban J connectivity index is 1.27. The van der Waals surface area contributed by atoms with Gasteiger partial charge in [0.2, 0.25) is 0 Å². The number of fused-ring (bicyclic) bond motifs is 6. The summed E-state index contributed by atoms with van der Waals surface area (Å²) in [5.74, 6) is 0. The van der Waals surface area contributed by atoms with Crippen molar-refractivity contribution in [2.75, 3.05) is 0 Å². The van der Waals surface area contributed by atoms with Gasteiger partial charge in [-0.15, -0.1) is 22.7 Å². The third kappa shape index (κ3) is 3.00. The van der Waals surface area contributed by atoms with E-state index in [0.717, 1.165) is 22.1 Å².